The van der Waals surface area contributed by atoms with Crippen LogP contribution in [0.4, 0.5) is 13.2 Å². The van der Waals surface area contributed by atoms with Crippen LogP contribution < -0.4 is 0 Å². The van der Waals surface area contributed by atoms with Crippen LogP contribution in [0, 0.1) is 0 Å². The SMILES string of the molecule is O=Cc1ccc(CC=NOCc2ccc(C3CCCCC3)c(C(F)(F)F)c2)cc1. The smallest absolute Gasteiger partial charge is 0.391 e. The summed E-state index contributed by atoms with van der Waals surface area (Å²) in [6, 6.07) is 11.6. The molecule has 3 nitrogen and oxygen atoms in total. The highest BCUT2D eigenvalue weighted by molar-refractivity contribution is 5.75. The lowest BCUT2D eigenvalue weighted by molar-refractivity contribution is -0.138. The molecule has 1 aliphatic rings. The average molecular weight is 403 g/mol. The lowest BCUT2D eigenvalue weighted by Crippen LogP contribution is -2.14. The predicted octanol–water partition coefficient (Wildman–Crippen LogP) is 6.31. The van der Waals surface area contributed by atoms with Gasteiger partial charge in [0.15, 0.2) is 0 Å². The topological polar surface area (TPSA) is 38.7 Å². The number of halogens is 3. The number of hydrogen-bond acceptors (Lipinski definition) is 3. The molecule has 2 aromatic rings. The van der Waals surface area contributed by atoms with Gasteiger partial charge in [-0.3, -0.25) is 4.79 Å². The highest BCUT2D eigenvalue weighted by Gasteiger charge is 2.35. The molecule has 0 spiro atoms. The van der Waals surface area contributed by atoms with Crippen molar-refractivity contribution in [3.8, 4) is 0 Å². The van der Waals surface area contributed by atoms with Crippen molar-refractivity contribution in [1.29, 1.82) is 0 Å². The molecule has 0 unspecified atom stereocenters. The molecule has 0 N–H and O–H groups in total. The summed E-state index contributed by atoms with van der Waals surface area (Å²) in [4.78, 5) is 15.8. The zero-order valence-corrected chi connectivity index (χ0v) is 16.1. The molecule has 0 saturated heterocycles. The number of oxime groups is 1. The summed E-state index contributed by atoms with van der Waals surface area (Å²) in [7, 11) is 0. The van der Waals surface area contributed by atoms with Crippen LogP contribution in [0.5, 0.6) is 0 Å². The van der Waals surface area contributed by atoms with E-state index in [1.165, 1.54) is 6.07 Å². The standard InChI is InChI=1S/C23H24F3NO2/c24-23(25,26)22-14-19(10-11-21(22)20-4-2-1-3-5-20)16-29-27-13-12-17-6-8-18(15-28)9-7-17/h6-11,13-15,20H,1-5,12,16H2. The predicted molar refractivity (Wildman–Crippen MR) is 106 cm³/mol. The molecule has 154 valence electrons. The number of rotatable bonds is 7. The molecule has 0 bridgehead atoms. The van der Waals surface area contributed by atoms with Crippen molar-refractivity contribution in [3.63, 3.8) is 0 Å². The van der Waals surface area contributed by atoms with Crippen molar-refractivity contribution < 1.29 is 22.8 Å². The number of nitrogens with zero attached hydrogens (tertiary/aromatic N) is 1. The minimum atomic E-state index is -4.38. The van der Waals surface area contributed by atoms with Crippen LogP contribution >= 0.6 is 0 Å². The van der Waals surface area contributed by atoms with Crippen molar-refractivity contribution in [2.75, 3.05) is 0 Å². The Kier molecular flexibility index (Phi) is 7.07. The third kappa shape index (κ3) is 5.92. The second kappa shape index (κ2) is 9.72. The number of carbonyl (C=O) groups is 1. The van der Waals surface area contributed by atoms with Gasteiger partial charge in [0.05, 0.1) is 5.56 Å². The van der Waals surface area contributed by atoms with Gasteiger partial charge in [-0.2, -0.15) is 13.2 Å². The molecule has 1 fully saturated rings. The Morgan fingerprint density at radius 3 is 2.34 bits per heavy atom. The number of hydrogen-bond donors (Lipinski definition) is 0. The Balaban J connectivity index is 1.60. The molecule has 2 aromatic carbocycles. The molecular weight excluding hydrogens is 379 g/mol. The van der Waals surface area contributed by atoms with Crippen LogP contribution in [-0.4, -0.2) is 12.5 Å². The molecule has 0 radical (unpaired) electrons. The molecule has 1 aliphatic carbocycles. The van der Waals surface area contributed by atoms with Gasteiger partial charge in [-0.05, 0) is 41.5 Å². The maximum atomic E-state index is 13.6. The van der Waals surface area contributed by atoms with Gasteiger partial charge in [-0.1, -0.05) is 60.8 Å². The fourth-order valence-corrected chi connectivity index (χ4v) is 3.75. The van der Waals surface area contributed by atoms with Crippen LogP contribution in [0.25, 0.3) is 0 Å². The summed E-state index contributed by atoms with van der Waals surface area (Å²) < 4.78 is 40.7. The number of carbonyl (C=O) groups excluding carboxylic acids is 1. The van der Waals surface area contributed by atoms with E-state index in [1.54, 1.807) is 30.5 Å². The van der Waals surface area contributed by atoms with Crippen molar-refractivity contribution in [2.45, 2.75) is 57.2 Å². The maximum Gasteiger partial charge on any atom is 0.416 e. The quantitative estimate of drug-likeness (QED) is 0.309. The lowest BCUT2D eigenvalue weighted by atomic mass is 9.81. The summed E-state index contributed by atoms with van der Waals surface area (Å²) in [5.41, 5.74) is 1.86. The summed E-state index contributed by atoms with van der Waals surface area (Å²) in [6.07, 6.45) is 3.16. The van der Waals surface area contributed by atoms with E-state index in [9.17, 15) is 18.0 Å². The highest BCUT2D eigenvalue weighted by atomic mass is 19.4. The van der Waals surface area contributed by atoms with Gasteiger partial charge in [-0.25, -0.2) is 0 Å². The molecule has 0 atom stereocenters. The Hall–Kier alpha value is -2.63. The molecule has 0 amide bonds. The number of benzene rings is 2. The largest absolute Gasteiger partial charge is 0.416 e. The van der Waals surface area contributed by atoms with Crippen LogP contribution in [-0.2, 0) is 24.0 Å². The highest BCUT2D eigenvalue weighted by Crippen LogP contribution is 2.41. The van der Waals surface area contributed by atoms with Gasteiger partial charge in [0.1, 0.15) is 12.9 Å². The third-order valence-corrected chi connectivity index (χ3v) is 5.29. The molecule has 1 saturated carbocycles. The van der Waals surface area contributed by atoms with E-state index >= 15 is 0 Å². The molecule has 6 heteroatoms. The van der Waals surface area contributed by atoms with Crippen molar-refractivity contribution in [1.82, 2.24) is 0 Å². The van der Waals surface area contributed by atoms with Crippen molar-refractivity contribution in [2.24, 2.45) is 5.16 Å². The Morgan fingerprint density at radius 2 is 1.69 bits per heavy atom. The zero-order chi connectivity index (χ0) is 20.7. The van der Waals surface area contributed by atoms with Gasteiger partial charge in [0.2, 0.25) is 0 Å². The maximum absolute atomic E-state index is 13.6. The van der Waals surface area contributed by atoms with Gasteiger partial charge >= 0.3 is 6.18 Å². The van der Waals surface area contributed by atoms with Crippen molar-refractivity contribution >= 4 is 12.5 Å². The Labute approximate surface area is 168 Å². The third-order valence-electron chi connectivity index (χ3n) is 5.29. The second-order valence-electron chi connectivity index (χ2n) is 7.38. The van der Waals surface area contributed by atoms with Crippen LogP contribution in [0.15, 0.2) is 47.6 Å². The summed E-state index contributed by atoms with van der Waals surface area (Å²) in [5.74, 6) is -0.0148. The first-order valence-corrected chi connectivity index (χ1v) is 9.85. The molecular formula is C23H24F3NO2. The van der Waals surface area contributed by atoms with E-state index in [1.807, 2.05) is 12.1 Å². The number of alkyl halides is 3. The van der Waals surface area contributed by atoms with Crippen LogP contribution in [0.1, 0.15) is 70.6 Å². The Morgan fingerprint density at radius 1 is 1.00 bits per heavy atom. The zero-order valence-electron chi connectivity index (χ0n) is 16.1. The van der Waals surface area contributed by atoms with Crippen LogP contribution in [0.3, 0.4) is 0 Å². The Bertz CT molecular complexity index is 838. The first kappa shape index (κ1) is 21.1. The van der Waals surface area contributed by atoms with Crippen molar-refractivity contribution in [3.05, 3.63) is 70.3 Å². The average Bonchev–Trinajstić information content (AvgIpc) is 2.74. The molecule has 0 heterocycles. The van der Waals surface area contributed by atoms with Gasteiger partial charge in [0.25, 0.3) is 0 Å². The monoisotopic (exact) mass is 403 g/mol. The summed E-state index contributed by atoms with van der Waals surface area (Å²) in [5, 5.41) is 3.83. The number of aldehydes is 1. The molecule has 0 aliphatic heterocycles. The normalized spacial score (nSPS) is 15.6. The molecule has 3 rings (SSSR count). The summed E-state index contributed by atoms with van der Waals surface area (Å²) >= 11 is 0. The van der Waals surface area contributed by atoms with E-state index in [0.717, 1.165) is 44.0 Å². The molecule has 29 heavy (non-hydrogen) atoms. The first-order valence-electron chi connectivity index (χ1n) is 9.85. The molecule has 0 aromatic heterocycles. The van der Waals surface area contributed by atoms with E-state index in [-0.39, 0.29) is 12.5 Å². The van der Waals surface area contributed by atoms with E-state index < -0.39 is 11.7 Å². The van der Waals surface area contributed by atoms with E-state index in [2.05, 4.69) is 5.16 Å². The van der Waals surface area contributed by atoms with Crippen LogP contribution in [0.2, 0.25) is 0 Å². The van der Waals surface area contributed by atoms with E-state index in [4.69, 9.17) is 4.84 Å². The fraction of sp³-hybridized carbons (Fsp3) is 0.391. The second-order valence-corrected chi connectivity index (χ2v) is 7.38. The fourth-order valence-electron chi connectivity index (χ4n) is 3.75. The first-order chi connectivity index (χ1) is 14.0. The minimum Gasteiger partial charge on any atom is -0.391 e. The van der Waals surface area contributed by atoms with Gasteiger partial charge < -0.3 is 4.84 Å². The van der Waals surface area contributed by atoms with E-state index in [0.29, 0.717) is 23.1 Å². The minimum absolute atomic E-state index is 0.0148. The van der Waals surface area contributed by atoms with Gasteiger partial charge in [0, 0.05) is 18.2 Å². The lowest BCUT2D eigenvalue weighted by Gasteiger charge is -2.25. The van der Waals surface area contributed by atoms with Gasteiger partial charge in [-0.15, -0.1) is 0 Å². The summed E-state index contributed by atoms with van der Waals surface area (Å²) in [6.45, 7) is -0.0192.